The SMILES string of the molecule is CC1CNCC(C(=O)NCCC(=O)N2CCOCC2)C1. The molecule has 2 atom stereocenters. The number of carbonyl (C=O) groups excluding carboxylic acids is 2. The molecule has 6 heteroatoms. The summed E-state index contributed by atoms with van der Waals surface area (Å²) in [6, 6.07) is 0. The second kappa shape index (κ2) is 7.59. The molecule has 6 nitrogen and oxygen atoms in total. The quantitative estimate of drug-likeness (QED) is 0.736. The summed E-state index contributed by atoms with van der Waals surface area (Å²) in [6.07, 6.45) is 1.30. The maximum Gasteiger partial charge on any atom is 0.224 e. The lowest BCUT2D eigenvalue weighted by atomic mass is 9.91. The summed E-state index contributed by atoms with van der Waals surface area (Å²) in [7, 11) is 0. The van der Waals surface area contributed by atoms with Crippen LogP contribution in [0.4, 0.5) is 0 Å². The Kier molecular flexibility index (Phi) is 5.79. The highest BCUT2D eigenvalue weighted by Gasteiger charge is 2.24. The summed E-state index contributed by atoms with van der Waals surface area (Å²) in [6.45, 7) is 6.86. The average Bonchev–Trinajstić information content (AvgIpc) is 2.48. The van der Waals surface area contributed by atoms with Crippen molar-refractivity contribution in [3.63, 3.8) is 0 Å². The van der Waals surface area contributed by atoms with Crippen LogP contribution in [0.25, 0.3) is 0 Å². The average molecular weight is 283 g/mol. The van der Waals surface area contributed by atoms with Gasteiger partial charge in [-0.25, -0.2) is 0 Å². The molecular formula is C14H25N3O3. The predicted octanol–water partition coefficient (Wildman–Crippen LogP) is -0.403. The molecule has 2 aliphatic rings. The predicted molar refractivity (Wildman–Crippen MR) is 75.2 cm³/mol. The van der Waals surface area contributed by atoms with E-state index >= 15 is 0 Å². The number of piperidine rings is 1. The topological polar surface area (TPSA) is 70.7 Å². The molecule has 2 heterocycles. The van der Waals surface area contributed by atoms with E-state index in [1.54, 1.807) is 4.90 Å². The second-order valence-electron chi connectivity index (χ2n) is 5.73. The number of hydrogen-bond donors (Lipinski definition) is 2. The number of amides is 2. The summed E-state index contributed by atoms with van der Waals surface area (Å²) in [5, 5.41) is 6.15. The van der Waals surface area contributed by atoms with E-state index in [1.807, 2.05) is 0 Å². The second-order valence-corrected chi connectivity index (χ2v) is 5.73. The normalized spacial score (nSPS) is 27.1. The molecule has 20 heavy (non-hydrogen) atoms. The van der Waals surface area contributed by atoms with E-state index < -0.39 is 0 Å². The molecule has 2 fully saturated rings. The van der Waals surface area contributed by atoms with Gasteiger partial charge in [-0.05, 0) is 18.9 Å². The van der Waals surface area contributed by atoms with E-state index in [9.17, 15) is 9.59 Å². The van der Waals surface area contributed by atoms with Crippen molar-refractivity contribution in [3.05, 3.63) is 0 Å². The smallest absolute Gasteiger partial charge is 0.224 e. The Bertz CT molecular complexity index is 343. The monoisotopic (exact) mass is 283 g/mol. The first-order valence-electron chi connectivity index (χ1n) is 7.50. The first kappa shape index (κ1) is 15.3. The maximum absolute atomic E-state index is 12.0. The molecule has 2 saturated heterocycles. The molecule has 0 aromatic rings. The first-order valence-corrected chi connectivity index (χ1v) is 7.50. The van der Waals surface area contributed by atoms with Crippen molar-refractivity contribution in [2.75, 3.05) is 45.9 Å². The Morgan fingerprint density at radius 2 is 2.05 bits per heavy atom. The molecule has 0 bridgehead atoms. The summed E-state index contributed by atoms with van der Waals surface area (Å²) < 4.78 is 5.21. The first-order chi connectivity index (χ1) is 9.66. The van der Waals surface area contributed by atoms with Gasteiger partial charge in [-0.3, -0.25) is 9.59 Å². The van der Waals surface area contributed by atoms with Gasteiger partial charge in [-0.2, -0.15) is 0 Å². The number of rotatable bonds is 4. The molecule has 2 unspecified atom stereocenters. The molecule has 0 radical (unpaired) electrons. The molecule has 2 rings (SSSR count). The fourth-order valence-electron chi connectivity index (χ4n) is 2.76. The lowest BCUT2D eigenvalue weighted by molar-refractivity contribution is -0.135. The number of nitrogens with one attached hydrogen (secondary N) is 2. The zero-order chi connectivity index (χ0) is 14.4. The summed E-state index contributed by atoms with van der Waals surface area (Å²) in [5.74, 6) is 0.745. The fraction of sp³-hybridized carbons (Fsp3) is 0.857. The van der Waals surface area contributed by atoms with E-state index in [1.165, 1.54) is 0 Å². The molecule has 0 aliphatic carbocycles. The largest absolute Gasteiger partial charge is 0.378 e. The molecule has 2 N–H and O–H groups in total. The summed E-state index contributed by atoms with van der Waals surface area (Å²) >= 11 is 0. The Morgan fingerprint density at radius 1 is 1.30 bits per heavy atom. The van der Waals surface area contributed by atoms with Crippen molar-refractivity contribution >= 4 is 11.8 Å². The highest BCUT2D eigenvalue weighted by atomic mass is 16.5. The van der Waals surface area contributed by atoms with Crippen LogP contribution in [0.2, 0.25) is 0 Å². The number of morpholine rings is 1. The molecule has 0 saturated carbocycles. The highest BCUT2D eigenvalue weighted by molar-refractivity contribution is 5.80. The van der Waals surface area contributed by atoms with Crippen LogP contribution in [-0.2, 0) is 14.3 Å². The molecule has 0 aromatic heterocycles. The van der Waals surface area contributed by atoms with Crippen LogP contribution in [0.15, 0.2) is 0 Å². The molecule has 0 spiro atoms. The molecule has 0 aromatic carbocycles. The zero-order valence-electron chi connectivity index (χ0n) is 12.2. The third-order valence-electron chi connectivity index (χ3n) is 3.94. The molecule has 2 aliphatic heterocycles. The van der Waals surface area contributed by atoms with Gasteiger partial charge in [-0.1, -0.05) is 6.92 Å². The van der Waals surface area contributed by atoms with Crippen molar-refractivity contribution in [3.8, 4) is 0 Å². The van der Waals surface area contributed by atoms with E-state index in [0.717, 1.165) is 19.5 Å². The van der Waals surface area contributed by atoms with Gasteiger partial charge in [0.2, 0.25) is 11.8 Å². The number of nitrogens with zero attached hydrogens (tertiary/aromatic N) is 1. The Labute approximate surface area is 120 Å². The lowest BCUT2D eigenvalue weighted by Gasteiger charge is -2.28. The van der Waals surface area contributed by atoms with Gasteiger partial charge in [0.05, 0.1) is 19.1 Å². The number of ether oxygens (including phenoxy) is 1. The van der Waals surface area contributed by atoms with Gasteiger partial charge in [0.25, 0.3) is 0 Å². The minimum absolute atomic E-state index is 0.0391. The van der Waals surface area contributed by atoms with Gasteiger partial charge in [0, 0.05) is 32.6 Å². The van der Waals surface area contributed by atoms with Crippen LogP contribution in [0, 0.1) is 11.8 Å². The van der Waals surface area contributed by atoms with Gasteiger partial charge >= 0.3 is 0 Å². The molecule has 114 valence electrons. The van der Waals surface area contributed by atoms with Crippen LogP contribution in [0.1, 0.15) is 19.8 Å². The van der Waals surface area contributed by atoms with Crippen LogP contribution >= 0.6 is 0 Å². The number of hydrogen-bond acceptors (Lipinski definition) is 4. The van der Waals surface area contributed by atoms with Crippen LogP contribution in [-0.4, -0.2) is 62.7 Å². The van der Waals surface area contributed by atoms with Gasteiger partial charge < -0.3 is 20.3 Å². The van der Waals surface area contributed by atoms with E-state index in [-0.39, 0.29) is 17.7 Å². The third kappa shape index (κ3) is 4.45. The number of carbonyl (C=O) groups is 2. The minimum Gasteiger partial charge on any atom is -0.378 e. The van der Waals surface area contributed by atoms with Crippen LogP contribution < -0.4 is 10.6 Å². The Morgan fingerprint density at radius 3 is 2.75 bits per heavy atom. The summed E-state index contributed by atoms with van der Waals surface area (Å²) in [4.78, 5) is 25.7. The van der Waals surface area contributed by atoms with Crippen LogP contribution in [0.5, 0.6) is 0 Å². The van der Waals surface area contributed by atoms with E-state index in [2.05, 4.69) is 17.6 Å². The van der Waals surface area contributed by atoms with Crippen molar-refractivity contribution in [1.29, 1.82) is 0 Å². The van der Waals surface area contributed by atoms with Crippen molar-refractivity contribution in [2.45, 2.75) is 19.8 Å². The Balaban J connectivity index is 1.64. The minimum atomic E-state index is 0.0391. The van der Waals surface area contributed by atoms with Crippen molar-refractivity contribution < 1.29 is 14.3 Å². The van der Waals surface area contributed by atoms with E-state index in [0.29, 0.717) is 45.2 Å². The van der Waals surface area contributed by atoms with Gasteiger partial charge in [0.1, 0.15) is 0 Å². The lowest BCUT2D eigenvalue weighted by Crippen LogP contribution is -2.45. The third-order valence-corrected chi connectivity index (χ3v) is 3.94. The van der Waals surface area contributed by atoms with Gasteiger partial charge in [0.15, 0.2) is 0 Å². The van der Waals surface area contributed by atoms with Crippen molar-refractivity contribution in [1.82, 2.24) is 15.5 Å². The highest BCUT2D eigenvalue weighted by Crippen LogP contribution is 2.15. The zero-order valence-corrected chi connectivity index (χ0v) is 12.2. The van der Waals surface area contributed by atoms with E-state index in [4.69, 9.17) is 4.74 Å². The fourth-order valence-corrected chi connectivity index (χ4v) is 2.76. The summed E-state index contributed by atoms with van der Waals surface area (Å²) in [5.41, 5.74) is 0. The standard InChI is InChI=1S/C14H25N3O3/c1-11-8-12(10-15-9-11)14(19)16-3-2-13(18)17-4-6-20-7-5-17/h11-12,15H,2-10H2,1H3,(H,16,19). The van der Waals surface area contributed by atoms with Crippen molar-refractivity contribution in [2.24, 2.45) is 11.8 Å². The molecular weight excluding hydrogens is 258 g/mol. The van der Waals surface area contributed by atoms with Crippen LogP contribution in [0.3, 0.4) is 0 Å². The Hall–Kier alpha value is -1.14. The van der Waals surface area contributed by atoms with Gasteiger partial charge in [-0.15, -0.1) is 0 Å². The molecule has 2 amide bonds. The maximum atomic E-state index is 12.0.